The highest BCUT2D eigenvalue weighted by molar-refractivity contribution is 7.09. The van der Waals surface area contributed by atoms with Crippen molar-refractivity contribution in [1.82, 2.24) is 20.4 Å². The number of aromatic nitrogens is 3. The quantitative estimate of drug-likeness (QED) is 0.851. The molecule has 0 aliphatic rings. The van der Waals surface area contributed by atoms with Gasteiger partial charge in [-0.05, 0) is 13.8 Å². The number of thiazole rings is 1. The molecule has 0 amide bonds. The highest BCUT2D eigenvalue weighted by Gasteiger charge is 2.02. The van der Waals surface area contributed by atoms with E-state index in [4.69, 9.17) is 4.52 Å². The summed E-state index contributed by atoms with van der Waals surface area (Å²) in [6.07, 6.45) is 0. The average molecular weight is 224 g/mol. The lowest BCUT2D eigenvalue weighted by atomic mass is 10.5. The first-order valence-corrected chi connectivity index (χ1v) is 5.53. The van der Waals surface area contributed by atoms with Crippen LogP contribution in [0.5, 0.6) is 0 Å². The largest absolute Gasteiger partial charge is 0.338 e. The first-order chi connectivity index (χ1) is 7.24. The topological polar surface area (TPSA) is 63.8 Å². The number of rotatable bonds is 4. The van der Waals surface area contributed by atoms with Crippen LogP contribution in [-0.2, 0) is 13.1 Å². The predicted molar refractivity (Wildman–Crippen MR) is 56.4 cm³/mol. The first kappa shape index (κ1) is 10.3. The fourth-order valence-corrected chi connectivity index (χ4v) is 1.91. The number of hydrogen-bond donors (Lipinski definition) is 1. The molecule has 1 N–H and O–H groups in total. The van der Waals surface area contributed by atoms with Gasteiger partial charge in [-0.25, -0.2) is 4.98 Å². The third kappa shape index (κ3) is 2.84. The lowest BCUT2D eigenvalue weighted by Gasteiger charge is -1.96. The number of aryl methyl sites for hydroxylation is 2. The van der Waals surface area contributed by atoms with E-state index in [-0.39, 0.29) is 0 Å². The smallest absolute Gasteiger partial charge is 0.240 e. The summed E-state index contributed by atoms with van der Waals surface area (Å²) in [5, 5.41) is 10.0. The van der Waals surface area contributed by atoms with Crippen LogP contribution in [0.4, 0.5) is 0 Å². The van der Waals surface area contributed by atoms with E-state index >= 15 is 0 Å². The summed E-state index contributed by atoms with van der Waals surface area (Å²) < 4.78 is 4.97. The molecule has 0 fully saturated rings. The molecule has 5 nitrogen and oxygen atoms in total. The minimum atomic E-state index is 0.583. The van der Waals surface area contributed by atoms with E-state index < -0.39 is 0 Å². The first-order valence-electron chi connectivity index (χ1n) is 4.65. The Balaban J connectivity index is 1.80. The highest BCUT2D eigenvalue weighted by Crippen LogP contribution is 2.08. The summed E-state index contributed by atoms with van der Waals surface area (Å²) in [5.74, 6) is 1.28. The predicted octanol–water partition coefficient (Wildman–Crippen LogP) is 1.43. The van der Waals surface area contributed by atoms with Gasteiger partial charge in [0.05, 0.1) is 6.54 Å². The van der Waals surface area contributed by atoms with E-state index in [1.807, 2.05) is 12.3 Å². The summed E-state index contributed by atoms with van der Waals surface area (Å²) in [7, 11) is 0. The van der Waals surface area contributed by atoms with Gasteiger partial charge in [-0.15, -0.1) is 11.3 Å². The van der Waals surface area contributed by atoms with Gasteiger partial charge in [0.1, 0.15) is 5.01 Å². The van der Waals surface area contributed by atoms with Crippen molar-refractivity contribution in [2.45, 2.75) is 26.9 Å². The second-order valence-corrected chi connectivity index (χ2v) is 4.16. The van der Waals surface area contributed by atoms with Crippen LogP contribution in [0.1, 0.15) is 22.4 Å². The Morgan fingerprint density at radius 3 is 2.80 bits per heavy atom. The van der Waals surface area contributed by atoms with Crippen molar-refractivity contribution in [2.24, 2.45) is 0 Å². The zero-order valence-corrected chi connectivity index (χ0v) is 9.47. The van der Waals surface area contributed by atoms with Gasteiger partial charge in [0.2, 0.25) is 5.89 Å². The van der Waals surface area contributed by atoms with E-state index in [9.17, 15) is 0 Å². The Kier molecular flexibility index (Phi) is 3.08. The zero-order chi connectivity index (χ0) is 10.7. The fraction of sp³-hybridized carbons (Fsp3) is 0.444. The molecule has 0 aliphatic heterocycles. The van der Waals surface area contributed by atoms with Gasteiger partial charge in [-0.3, -0.25) is 0 Å². The molecule has 80 valence electrons. The summed E-state index contributed by atoms with van der Waals surface area (Å²) in [6, 6.07) is 0. The number of hydrogen-bond acceptors (Lipinski definition) is 6. The molecule has 2 heterocycles. The molecule has 0 unspecified atom stereocenters. The van der Waals surface area contributed by atoms with Gasteiger partial charge < -0.3 is 9.84 Å². The van der Waals surface area contributed by atoms with Crippen molar-refractivity contribution < 1.29 is 4.52 Å². The Labute approximate surface area is 91.5 Å². The van der Waals surface area contributed by atoms with E-state index in [1.165, 1.54) is 0 Å². The van der Waals surface area contributed by atoms with Gasteiger partial charge in [-0.1, -0.05) is 5.16 Å². The lowest BCUT2D eigenvalue weighted by Crippen LogP contribution is -2.12. The standard InChI is InChI=1S/C9H12N4OS/c1-6-5-15-9(11-6)4-10-3-8-12-7(2)13-14-8/h5,10H,3-4H2,1-2H3. The molecule has 0 aliphatic carbocycles. The monoisotopic (exact) mass is 224 g/mol. The SMILES string of the molecule is Cc1csc(CNCc2nc(C)no2)n1. The maximum absolute atomic E-state index is 4.97. The van der Waals surface area contributed by atoms with Crippen LogP contribution in [0.15, 0.2) is 9.90 Å². The van der Waals surface area contributed by atoms with E-state index in [0.29, 0.717) is 18.3 Å². The lowest BCUT2D eigenvalue weighted by molar-refractivity contribution is 0.364. The maximum atomic E-state index is 4.97. The summed E-state index contributed by atoms with van der Waals surface area (Å²) in [6.45, 7) is 5.11. The van der Waals surface area contributed by atoms with Gasteiger partial charge in [0, 0.05) is 17.6 Å². The molecule has 0 saturated carbocycles. The number of nitrogens with zero attached hydrogens (tertiary/aromatic N) is 3. The molecule has 0 atom stereocenters. The second kappa shape index (κ2) is 4.50. The number of nitrogens with one attached hydrogen (secondary N) is 1. The fourth-order valence-electron chi connectivity index (χ4n) is 1.17. The van der Waals surface area contributed by atoms with E-state index in [1.54, 1.807) is 18.3 Å². The minimum absolute atomic E-state index is 0.583. The Hall–Kier alpha value is -1.27. The molecular formula is C9H12N4OS. The van der Waals surface area contributed by atoms with Crippen LogP contribution in [0.2, 0.25) is 0 Å². The third-order valence-electron chi connectivity index (χ3n) is 1.79. The normalized spacial score (nSPS) is 10.8. The minimum Gasteiger partial charge on any atom is -0.338 e. The van der Waals surface area contributed by atoms with Crippen LogP contribution >= 0.6 is 11.3 Å². The molecule has 0 bridgehead atoms. The Morgan fingerprint density at radius 1 is 1.33 bits per heavy atom. The molecule has 0 radical (unpaired) electrons. The van der Waals surface area contributed by atoms with E-state index in [0.717, 1.165) is 17.2 Å². The molecule has 15 heavy (non-hydrogen) atoms. The summed E-state index contributed by atoms with van der Waals surface area (Å²) in [5.41, 5.74) is 1.06. The van der Waals surface area contributed by atoms with Crippen molar-refractivity contribution in [2.75, 3.05) is 0 Å². The zero-order valence-electron chi connectivity index (χ0n) is 8.65. The molecule has 6 heteroatoms. The average Bonchev–Trinajstić information content (AvgIpc) is 2.76. The van der Waals surface area contributed by atoms with Crippen molar-refractivity contribution in [3.63, 3.8) is 0 Å². The van der Waals surface area contributed by atoms with Gasteiger partial charge in [0.15, 0.2) is 5.82 Å². The van der Waals surface area contributed by atoms with Crippen molar-refractivity contribution in [1.29, 1.82) is 0 Å². The molecule has 0 spiro atoms. The van der Waals surface area contributed by atoms with Crippen LogP contribution in [0.25, 0.3) is 0 Å². The van der Waals surface area contributed by atoms with Gasteiger partial charge >= 0.3 is 0 Å². The second-order valence-electron chi connectivity index (χ2n) is 3.22. The van der Waals surface area contributed by atoms with Crippen molar-refractivity contribution >= 4 is 11.3 Å². The van der Waals surface area contributed by atoms with E-state index in [2.05, 4.69) is 20.4 Å². The van der Waals surface area contributed by atoms with Crippen LogP contribution < -0.4 is 5.32 Å². The third-order valence-corrected chi connectivity index (χ3v) is 2.76. The van der Waals surface area contributed by atoms with Crippen molar-refractivity contribution in [3.05, 3.63) is 27.8 Å². The molecule has 0 aromatic carbocycles. The summed E-state index contributed by atoms with van der Waals surface area (Å²) >= 11 is 1.65. The van der Waals surface area contributed by atoms with Crippen LogP contribution in [0, 0.1) is 13.8 Å². The molecule has 2 aromatic rings. The highest BCUT2D eigenvalue weighted by atomic mass is 32.1. The summed E-state index contributed by atoms with van der Waals surface area (Å²) in [4.78, 5) is 8.43. The van der Waals surface area contributed by atoms with Crippen LogP contribution in [0.3, 0.4) is 0 Å². The van der Waals surface area contributed by atoms with Crippen LogP contribution in [-0.4, -0.2) is 15.1 Å². The van der Waals surface area contributed by atoms with Gasteiger partial charge in [0.25, 0.3) is 0 Å². The Bertz CT molecular complexity index is 397. The molecule has 2 aromatic heterocycles. The molecule has 0 saturated heterocycles. The van der Waals surface area contributed by atoms with Crippen molar-refractivity contribution in [3.8, 4) is 0 Å². The molecule has 2 rings (SSSR count). The maximum Gasteiger partial charge on any atom is 0.240 e. The molecular weight excluding hydrogens is 212 g/mol. The van der Waals surface area contributed by atoms with Gasteiger partial charge in [-0.2, -0.15) is 4.98 Å². The Morgan fingerprint density at radius 2 is 2.20 bits per heavy atom.